The summed E-state index contributed by atoms with van der Waals surface area (Å²) in [4.78, 5) is 7.60. The molecule has 16 heavy (non-hydrogen) atoms. The normalized spacial score (nSPS) is 11.4. The van der Waals surface area contributed by atoms with E-state index in [2.05, 4.69) is 29.1 Å². The molecule has 0 aliphatic carbocycles. The number of benzene rings is 1. The van der Waals surface area contributed by atoms with Crippen LogP contribution >= 0.6 is 0 Å². The van der Waals surface area contributed by atoms with Crippen LogP contribution in [0.3, 0.4) is 0 Å². The molecular formula is C12H17N3O. The molecular weight excluding hydrogens is 202 g/mol. The topological polar surface area (TPSA) is 60.9 Å². The summed E-state index contributed by atoms with van der Waals surface area (Å²) in [6.45, 7) is 6.04. The summed E-state index contributed by atoms with van der Waals surface area (Å²) >= 11 is 0. The molecule has 1 aromatic carbocycles. The van der Waals surface area contributed by atoms with E-state index in [9.17, 15) is 5.11 Å². The molecule has 0 fully saturated rings. The Labute approximate surface area is 94.7 Å². The van der Waals surface area contributed by atoms with Crippen molar-refractivity contribution in [3.63, 3.8) is 0 Å². The molecule has 0 aliphatic heterocycles. The number of hydrogen-bond donors (Lipinski definition) is 3. The van der Waals surface area contributed by atoms with Gasteiger partial charge in [0, 0.05) is 6.07 Å². The second kappa shape index (κ2) is 4.53. The second-order valence-corrected chi connectivity index (χ2v) is 4.41. The maximum absolute atomic E-state index is 9.32. The second-order valence-electron chi connectivity index (χ2n) is 4.41. The number of hydrogen-bond acceptors (Lipinski definition) is 3. The van der Waals surface area contributed by atoms with Gasteiger partial charge in [-0.3, -0.25) is 0 Å². The van der Waals surface area contributed by atoms with E-state index in [1.54, 1.807) is 12.1 Å². The largest absolute Gasteiger partial charge is 0.508 e. The Morgan fingerprint density at radius 1 is 1.44 bits per heavy atom. The predicted molar refractivity (Wildman–Crippen MR) is 64.3 cm³/mol. The molecule has 4 heteroatoms. The van der Waals surface area contributed by atoms with E-state index in [0.717, 1.165) is 29.9 Å². The van der Waals surface area contributed by atoms with Crippen LogP contribution in [0.15, 0.2) is 18.2 Å². The van der Waals surface area contributed by atoms with Crippen LogP contribution in [0.25, 0.3) is 11.0 Å². The summed E-state index contributed by atoms with van der Waals surface area (Å²) in [6, 6.07) is 5.15. The first-order valence-electron chi connectivity index (χ1n) is 5.53. The van der Waals surface area contributed by atoms with Gasteiger partial charge in [0.05, 0.1) is 17.6 Å². The molecule has 2 aromatic rings. The lowest BCUT2D eigenvalue weighted by molar-refractivity contribution is 0.476. The lowest BCUT2D eigenvalue weighted by Crippen LogP contribution is -2.19. The van der Waals surface area contributed by atoms with Gasteiger partial charge in [-0.2, -0.15) is 0 Å². The van der Waals surface area contributed by atoms with E-state index in [4.69, 9.17) is 0 Å². The summed E-state index contributed by atoms with van der Waals surface area (Å²) in [5.74, 6) is 1.80. The van der Waals surface area contributed by atoms with Gasteiger partial charge in [-0.25, -0.2) is 4.98 Å². The van der Waals surface area contributed by atoms with Crippen LogP contribution in [0, 0.1) is 5.92 Å². The Hall–Kier alpha value is -1.55. The maximum atomic E-state index is 9.32. The first-order valence-corrected chi connectivity index (χ1v) is 5.53. The number of phenolic OH excluding ortho intramolecular Hbond substituents is 1. The third-order valence-corrected chi connectivity index (χ3v) is 2.36. The highest BCUT2D eigenvalue weighted by molar-refractivity contribution is 5.76. The fourth-order valence-corrected chi connectivity index (χ4v) is 1.61. The molecule has 2 rings (SSSR count). The van der Waals surface area contributed by atoms with Gasteiger partial charge in [0.2, 0.25) is 0 Å². The molecule has 0 unspecified atom stereocenters. The van der Waals surface area contributed by atoms with Crippen LogP contribution in [-0.2, 0) is 6.54 Å². The predicted octanol–water partition coefficient (Wildman–Crippen LogP) is 2.01. The van der Waals surface area contributed by atoms with Gasteiger partial charge < -0.3 is 15.4 Å². The molecule has 0 saturated carbocycles. The molecule has 4 nitrogen and oxygen atoms in total. The van der Waals surface area contributed by atoms with Gasteiger partial charge in [-0.1, -0.05) is 13.8 Å². The zero-order valence-electron chi connectivity index (χ0n) is 9.62. The molecule has 0 atom stereocenters. The zero-order chi connectivity index (χ0) is 11.5. The molecule has 3 N–H and O–H groups in total. The number of fused-ring (bicyclic) bond motifs is 1. The Balaban J connectivity index is 2.08. The summed E-state index contributed by atoms with van der Waals surface area (Å²) < 4.78 is 0. The lowest BCUT2D eigenvalue weighted by atomic mass is 10.2. The Morgan fingerprint density at radius 3 is 3.00 bits per heavy atom. The van der Waals surface area contributed by atoms with Crippen molar-refractivity contribution in [1.29, 1.82) is 0 Å². The van der Waals surface area contributed by atoms with Crippen molar-refractivity contribution < 1.29 is 5.11 Å². The van der Waals surface area contributed by atoms with Crippen molar-refractivity contribution in [2.24, 2.45) is 5.92 Å². The average molecular weight is 219 g/mol. The van der Waals surface area contributed by atoms with Crippen molar-refractivity contribution in [3.05, 3.63) is 24.0 Å². The molecule has 0 aliphatic rings. The summed E-state index contributed by atoms with van der Waals surface area (Å²) in [7, 11) is 0. The van der Waals surface area contributed by atoms with E-state index in [-0.39, 0.29) is 5.75 Å². The summed E-state index contributed by atoms with van der Waals surface area (Å²) in [5.41, 5.74) is 1.76. The molecule has 86 valence electrons. The Kier molecular flexibility index (Phi) is 3.10. The first-order chi connectivity index (χ1) is 7.65. The van der Waals surface area contributed by atoms with Crippen LogP contribution in [0.4, 0.5) is 0 Å². The highest BCUT2D eigenvalue weighted by atomic mass is 16.3. The molecule has 0 spiro atoms. The number of rotatable bonds is 4. The first kappa shape index (κ1) is 11.0. The van der Waals surface area contributed by atoms with Crippen molar-refractivity contribution in [1.82, 2.24) is 15.3 Å². The quantitative estimate of drug-likeness (QED) is 0.737. The number of aromatic nitrogens is 2. The summed E-state index contributed by atoms with van der Waals surface area (Å²) in [6.07, 6.45) is 0. The van der Waals surface area contributed by atoms with Gasteiger partial charge in [0.15, 0.2) is 0 Å². The highest BCUT2D eigenvalue weighted by Crippen LogP contribution is 2.17. The molecule has 0 radical (unpaired) electrons. The molecule has 1 aromatic heterocycles. The van der Waals surface area contributed by atoms with E-state index in [1.165, 1.54) is 0 Å². The number of nitrogens with one attached hydrogen (secondary N) is 2. The monoisotopic (exact) mass is 219 g/mol. The van der Waals surface area contributed by atoms with Gasteiger partial charge >= 0.3 is 0 Å². The number of phenols is 1. The Morgan fingerprint density at radius 2 is 2.25 bits per heavy atom. The third kappa shape index (κ3) is 2.52. The van der Waals surface area contributed by atoms with Crippen LogP contribution in [0.2, 0.25) is 0 Å². The zero-order valence-corrected chi connectivity index (χ0v) is 9.62. The highest BCUT2D eigenvalue weighted by Gasteiger charge is 2.03. The SMILES string of the molecule is CC(C)CNCc1nc2ccc(O)cc2[nH]1. The van der Waals surface area contributed by atoms with Crippen LogP contribution in [-0.4, -0.2) is 21.6 Å². The van der Waals surface area contributed by atoms with E-state index >= 15 is 0 Å². The minimum Gasteiger partial charge on any atom is -0.508 e. The fourth-order valence-electron chi connectivity index (χ4n) is 1.61. The minimum atomic E-state index is 0.262. The van der Waals surface area contributed by atoms with Crippen molar-refractivity contribution in [3.8, 4) is 5.75 Å². The molecule has 0 amide bonds. The van der Waals surface area contributed by atoms with Gasteiger partial charge in [0.25, 0.3) is 0 Å². The smallest absolute Gasteiger partial charge is 0.121 e. The van der Waals surface area contributed by atoms with Crippen LogP contribution in [0.5, 0.6) is 5.75 Å². The summed E-state index contributed by atoms with van der Waals surface area (Å²) in [5, 5.41) is 12.6. The lowest BCUT2D eigenvalue weighted by Gasteiger charge is -2.04. The molecule has 0 bridgehead atoms. The number of nitrogens with zero attached hydrogens (tertiary/aromatic N) is 1. The van der Waals surface area contributed by atoms with Gasteiger partial charge in [-0.05, 0) is 24.6 Å². The standard InChI is InChI=1S/C12H17N3O/c1-8(2)6-13-7-12-14-10-4-3-9(16)5-11(10)15-12/h3-5,8,13,16H,6-7H2,1-2H3,(H,14,15). The maximum Gasteiger partial charge on any atom is 0.121 e. The van der Waals surface area contributed by atoms with E-state index in [1.807, 2.05) is 6.07 Å². The minimum absolute atomic E-state index is 0.262. The average Bonchev–Trinajstić information content (AvgIpc) is 2.58. The van der Waals surface area contributed by atoms with Crippen LogP contribution in [0.1, 0.15) is 19.7 Å². The van der Waals surface area contributed by atoms with Crippen LogP contribution < -0.4 is 5.32 Å². The van der Waals surface area contributed by atoms with E-state index < -0.39 is 0 Å². The van der Waals surface area contributed by atoms with E-state index in [0.29, 0.717) is 5.92 Å². The van der Waals surface area contributed by atoms with Gasteiger partial charge in [0.1, 0.15) is 11.6 Å². The number of imidazole rings is 1. The number of aromatic amines is 1. The number of aromatic hydroxyl groups is 1. The third-order valence-electron chi connectivity index (χ3n) is 2.36. The number of H-pyrrole nitrogens is 1. The molecule has 0 saturated heterocycles. The van der Waals surface area contributed by atoms with Crippen molar-refractivity contribution in [2.45, 2.75) is 20.4 Å². The van der Waals surface area contributed by atoms with Crippen molar-refractivity contribution in [2.75, 3.05) is 6.54 Å². The fraction of sp³-hybridized carbons (Fsp3) is 0.417. The Bertz CT molecular complexity index is 476. The molecule has 1 heterocycles. The van der Waals surface area contributed by atoms with Crippen molar-refractivity contribution >= 4 is 11.0 Å². The van der Waals surface area contributed by atoms with Gasteiger partial charge in [-0.15, -0.1) is 0 Å².